The number of rotatable bonds is 6. The average molecular weight is 383 g/mol. The highest BCUT2D eigenvalue weighted by atomic mass is 16.5. The fourth-order valence-electron chi connectivity index (χ4n) is 3.61. The lowest BCUT2D eigenvalue weighted by atomic mass is 9.86. The molecule has 3 rings (SSSR count). The summed E-state index contributed by atoms with van der Waals surface area (Å²) in [6, 6.07) is 12.3. The standard InChI is InChI=1S/C21H25N3O4/c1-28-18-8-3-2-6-16(18)19(17-7-4-5-13-22-17)24-21(27)23-15-11-9-14(10-12-15)20(25)26/h2-8,13-15,19H,9-12H2,1H3,(H,25,26)(H2,23,24,27). The van der Waals surface area contributed by atoms with Crippen molar-refractivity contribution in [3.05, 3.63) is 59.9 Å². The van der Waals surface area contributed by atoms with Crippen LogP contribution in [-0.2, 0) is 4.79 Å². The van der Waals surface area contributed by atoms with Gasteiger partial charge in [-0.15, -0.1) is 0 Å². The lowest BCUT2D eigenvalue weighted by molar-refractivity contribution is -0.142. The van der Waals surface area contributed by atoms with E-state index >= 15 is 0 Å². The number of methoxy groups -OCH3 is 1. The molecular weight excluding hydrogens is 358 g/mol. The third kappa shape index (κ3) is 4.79. The zero-order valence-electron chi connectivity index (χ0n) is 15.8. The Morgan fingerprint density at radius 1 is 1.11 bits per heavy atom. The second kappa shape index (κ2) is 9.21. The Balaban J connectivity index is 1.72. The van der Waals surface area contributed by atoms with Crippen LogP contribution < -0.4 is 15.4 Å². The summed E-state index contributed by atoms with van der Waals surface area (Å²) in [7, 11) is 1.59. The number of carbonyl (C=O) groups excluding carboxylic acids is 1. The SMILES string of the molecule is COc1ccccc1C(NC(=O)NC1CCC(C(=O)O)CC1)c1ccccn1. The van der Waals surface area contributed by atoms with Crippen LogP contribution in [0.15, 0.2) is 48.7 Å². The van der Waals surface area contributed by atoms with E-state index in [9.17, 15) is 9.59 Å². The van der Waals surface area contributed by atoms with E-state index < -0.39 is 12.0 Å². The number of amides is 2. The number of carboxylic acid groups (broad SMARTS) is 1. The van der Waals surface area contributed by atoms with E-state index in [1.165, 1.54) is 0 Å². The van der Waals surface area contributed by atoms with Crippen LogP contribution in [0.1, 0.15) is 43.0 Å². The van der Waals surface area contributed by atoms with Crippen LogP contribution >= 0.6 is 0 Å². The molecule has 1 unspecified atom stereocenters. The highest BCUT2D eigenvalue weighted by Gasteiger charge is 2.28. The van der Waals surface area contributed by atoms with Crippen molar-refractivity contribution in [1.82, 2.24) is 15.6 Å². The molecular formula is C21H25N3O4. The van der Waals surface area contributed by atoms with Gasteiger partial charge in [-0.25, -0.2) is 4.79 Å². The van der Waals surface area contributed by atoms with Gasteiger partial charge in [-0.1, -0.05) is 24.3 Å². The number of hydrogen-bond acceptors (Lipinski definition) is 4. The summed E-state index contributed by atoms with van der Waals surface area (Å²) >= 11 is 0. The van der Waals surface area contributed by atoms with Gasteiger partial charge < -0.3 is 20.5 Å². The number of aromatic nitrogens is 1. The zero-order chi connectivity index (χ0) is 19.9. The van der Waals surface area contributed by atoms with Crippen molar-refractivity contribution in [1.29, 1.82) is 0 Å². The number of ether oxygens (including phenoxy) is 1. The molecule has 0 aliphatic heterocycles. The highest BCUT2D eigenvalue weighted by Crippen LogP contribution is 2.29. The van der Waals surface area contributed by atoms with Crippen LogP contribution in [0.25, 0.3) is 0 Å². The lowest BCUT2D eigenvalue weighted by Crippen LogP contribution is -2.45. The number of para-hydroxylation sites is 1. The summed E-state index contributed by atoms with van der Waals surface area (Å²) in [4.78, 5) is 28.2. The molecule has 1 atom stereocenters. The van der Waals surface area contributed by atoms with Crippen LogP contribution in [0.2, 0.25) is 0 Å². The first-order valence-electron chi connectivity index (χ1n) is 9.42. The molecule has 1 fully saturated rings. The van der Waals surface area contributed by atoms with Crippen molar-refractivity contribution in [3.63, 3.8) is 0 Å². The van der Waals surface area contributed by atoms with Crippen molar-refractivity contribution in [3.8, 4) is 5.75 Å². The molecule has 0 bridgehead atoms. The van der Waals surface area contributed by atoms with Gasteiger partial charge in [0.1, 0.15) is 11.8 Å². The molecule has 148 valence electrons. The normalized spacial score (nSPS) is 20.0. The number of nitrogens with one attached hydrogen (secondary N) is 2. The Bertz CT molecular complexity index is 804. The first kappa shape index (κ1) is 19.7. The van der Waals surface area contributed by atoms with E-state index in [1.54, 1.807) is 13.3 Å². The minimum atomic E-state index is -0.755. The molecule has 28 heavy (non-hydrogen) atoms. The highest BCUT2D eigenvalue weighted by molar-refractivity contribution is 5.75. The Labute approximate surface area is 164 Å². The summed E-state index contributed by atoms with van der Waals surface area (Å²) in [6.07, 6.45) is 4.16. The van der Waals surface area contributed by atoms with E-state index in [2.05, 4.69) is 15.6 Å². The van der Waals surface area contributed by atoms with Gasteiger partial charge in [-0.3, -0.25) is 9.78 Å². The van der Waals surface area contributed by atoms with Crippen molar-refractivity contribution in [2.75, 3.05) is 7.11 Å². The molecule has 1 saturated carbocycles. The first-order valence-corrected chi connectivity index (χ1v) is 9.42. The smallest absolute Gasteiger partial charge is 0.315 e. The molecule has 1 aliphatic carbocycles. The number of urea groups is 1. The summed E-state index contributed by atoms with van der Waals surface area (Å²) in [5.41, 5.74) is 1.52. The van der Waals surface area contributed by atoms with Gasteiger partial charge in [0.05, 0.1) is 18.7 Å². The molecule has 1 aromatic heterocycles. The van der Waals surface area contributed by atoms with E-state index in [0.717, 1.165) is 5.56 Å². The van der Waals surface area contributed by atoms with Crippen molar-refractivity contribution in [2.45, 2.75) is 37.8 Å². The van der Waals surface area contributed by atoms with Crippen molar-refractivity contribution in [2.24, 2.45) is 5.92 Å². The lowest BCUT2D eigenvalue weighted by Gasteiger charge is -2.28. The van der Waals surface area contributed by atoms with Gasteiger partial charge in [-0.2, -0.15) is 0 Å². The third-order valence-electron chi connectivity index (χ3n) is 5.12. The second-order valence-electron chi connectivity index (χ2n) is 6.93. The molecule has 0 spiro atoms. The number of carbonyl (C=O) groups is 2. The average Bonchev–Trinajstić information content (AvgIpc) is 2.73. The van der Waals surface area contributed by atoms with Crippen LogP contribution in [0, 0.1) is 5.92 Å². The summed E-state index contributed by atoms with van der Waals surface area (Å²) in [5, 5.41) is 15.1. The predicted molar refractivity (Wildman–Crippen MR) is 104 cm³/mol. The Hall–Kier alpha value is -3.09. The maximum Gasteiger partial charge on any atom is 0.315 e. The summed E-state index contributed by atoms with van der Waals surface area (Å²) < 4.78 is 5.46. The first-order chi connectivity index (χ1) is 13.6. The molecule has 0 radical (unpaired) electrons. The van der Waals surface area contributed by atoms with E-state index in [4.69, 9.17) is 9.84 Å². The number of nitrogens with zero attached hydrogens (tertiary/aromatic N) is 1. The van der Waals surface area contributed by atoms with Gasteiger partial charge in [0, 0.05) is 17.8 Å². The van der Waals surface area contributed by atoms with Gasteiger partial charge in [-0.05, 0) is 43.9 Å². The predicted octanol–water partition coefficient (Wildman–Crippen LogP) is 3.12. The maximum absolute atomic E-state index is 12.7. The van der Waals surface area contributed by atoms with Crippen molar-refractivity contribution < 1.29 is 19.4 Å². The number of pyridine rings is 1. The quantitative estimate of drug-likeness (QED) is 0.712. The van der Waals surface area contributed by atoms with Crippen LogP contribution in [0.5, 0.6) is 5.75 Å². The minimum Gasteiger partial charge on any atom is -0.496 e. The van der Waals surface area contributed by atoms with Gasteiger partial charge in [0.2, 0.25) is 0 Å². The second-order valence-corrected chi connectivity index (χ2v) is 6.93. The molecule has 2 amide bonds. The largest absolute Gasteiger partial charge is 0.496 e. The zero-order valence-corrected chi connectivity index (χ0v) is 15.8. The van der Waals surface area contributed by atoms with E-state index in [0.29, 0.717) is 37.1 Å². The molecule has 1 aliphatic rings. The van der Waals surface area contributed by atoms with Gasteiger partial charge in [0.25, 0.3) is 0 Å². The fraction of sp³-hybridized carbons (Fsp3) is 0.381. The summed E-state index contributed by atoms with van der Waals surface area (Å²) in [6.45, 7) is 0. The topological polar surface area (TPSA) is 101 Å². The molecule has 7 heteroatoms. The number of aliphatic carboxylic acids is 1. The van der Waals surface area contributed by atoms with Gasteiger partial charge in [0.15, 0.2) is 0 Å². The fourth-order valence-corrected chi connectivity index (χ4v) is 3.61. The van der Waals surface area contributed by atoms with E-state index in [-0.39, 0.29) is 18.0 Å². The number of benzene rings is 1. The molecule has 3 N–H and O–H groups in total. The van der Waals surface area contributed by atoms with Crippen LogP contribution in [0.3, 0.4) is 0 Å². The Morgan fingerprint density at radius 3 is 2.46 bits per heavy atom. The molecule has 7 nitrogen and oxygen atoms in total. The molecule has 1 heterocycles. The molecule has 1 aromatic carbocycles. The maximum atomic E-state index is 12.7. The van der Waals surface area contributed by atoms with Crippen LogP contribution in [0.4, 0.5) is 4.79 Å². The monoisotopic (exact) mass is 383 g/mol. The van der Waals surface area contributed by atoms with Crippen molar-refractivity contribution >= 4 is 12.0 Å². The molecule has 2 aromatic rings. The number of carboxylic acids is 1. The van der Waals surface area contributed by atoms with Crippen LogP contribution in [-0.4, -0.2) is 35.2 Å². The number of hydrogen-bond donors (Lipinski definition) is 3. The summed E-state index contributed by atoms with van der Waals surface area (Å²) in [5.74, 6) is -0.398. The van der Waals surface area contributed by atoms with Gasteiger partial charge >= 0.3 is 12.0 Å². The molecule has 0 saturated heterocycles. The Kier molecular flexibility index (Phi) is 6.47. The minimum absolute atomic E-state index is 0.0300. The Morgan fingerprint density at radius 2 is 1.82 bits per heavy atom. The third-order valence-corrected chi connectivity index (χ3v) is 5.12. The van der Waals surface area contributed by atoms with E-state index in [1.807, 2.05) is 42.5 Å².